The van der Waals surface area contributed by atoms with Gasteiger partial charge in [-0.2, -0.15) is 0 Å². The molecule has 104 valence electrons. The minimum absolute atomic E-state index is 0.0716. The van der Waals surface area contributed by atoms with Gasteiger partial charge in [0, 0.05) is 11.1 Å². The van der Waals surface area contributed by atoms with Crippen LogP contribution in [0.1, 0.15) is 30.6 Å². The Kier molecular flexibility index (Phi) is 6.12. The first-order chi connectivity index (χ1) is 8.97. The molecule has 0 heterocycles. The zero-order chi connectivity index (χ0) is 14.4. The van der Waals surface area contributed by atoms with E-state index in [1.54, 1.807) is 0 Å². The number of rotatable bonds is 6. The van der Waals surface area contributed by atoms with Crippen molar-refractivity contribution in [3.8, 4) is 5.75 Å². The Hall–Kier alpha value is -1.26. The van der Waals surface area contributed by atoms with Gasteiger partial charge in [0.15, 0.2) is 12.9 Å². The zero-order valence-corrected chi connectivity index (χ0v) is 12.2. The van der Waals surface area contributed by atoms with E-state index in [-0.39, 0.29) is 34.9 Å². The molecule has 4 nitrogen and oxygen atoms in total. The van der Waals surface area contributed by atoms with Gasteiger partial charge in [0.2, 0.25) is 0 Å². The highest BCUT2D eigenvalue weighted by Crippen LogP contribution is 2.31. The second kappa shape index (κ2) is 7.36. The molecule has 1 N–H and O–H groups in total. The molecule has 1 rings (SSSR count). The lowest BCUT2D eigenvalue weighted by Crippen LogP contribution is -2.35. The Morgan fingerprint density at radius 3 is 2.74 bits per heavy atom. The van der Waals surface area contributed by atoms with Crippen molar-refractivity contribution in [2.45, 2.75) is 26.3 Å². The molecule has 1 aromatic carbocycles. The first kappa shape index (κ1) is 15.8. The number of carbonyl (C=O) groups is 2. The van der Waals surface area contributed by atoms with Crippen LogP contribution in [0.2, 0.25) is 10.0 Å². The van der Waals surface area contributed by atoms with E-state index in [1.165, 1.54) is 12.1 Å². The molecule has 1 aromatic rings. The van der Waals surface area contributed by atoms with Crippen molar-refractivity contribution >= 4 is 35.4 Å². The van der Waals surface area contributed by atoms with Crippen molar-refractivity contribution in [1.29, 1.82) is 0 Å². The van der Waals surface area contributed by atoms with E-state index < -0.39 is 0 Å². The van der Waals surface area contributed by atoms with Crippen LogP contribution in [0.4, 0.5) is 0 Å². The summed E-state index contributed by atoms with van der Waals surface area (Å²) in [6.07, 6.45) is 1.41. The van der Waals surface area contributed by atoms with Crippen LogP contribution >= 0.6 is 23.2 Å². The topological polar surface area (TPSA) is 55.4 Å². The smallest absolute Gasteiger partial charge is 0.258 e. The molecule has 0 bridgehead atoms. The Morgan fingerprint density at radius 1 is 1.47 bits per heavy atom. The average Bonchev–Trinajstić information content (AvgIpc) is 2.36. The van der Waals surface area contributed by atoms with Crippen LogP contribution < -0.4 is 10.1 Å². The molecule has 19 heavy (non-hydrogen) atoms. The molecule has 1 unspecified atom stereocenters. The van der Waals surface area contributed by atoms with Crippen LogP contribution in [0.15, 0.2) is 12.1 Å². The number of carbonyl (C=O) groups excluding carboxylic acids is 2. The van der Waals surface area contributed by atoms with Crippen LogP contribution in [0, 0.1) is 0 Å². The highest BCUT2D eigenvalue weighted by Gasteiger charge is 2.13. The lowest BCUT2D eigenvalue weighted by Gasteiger charge is -2.13. The van der Waals surface area contributed by atoms with Crippen LogP contribution in [-0.2, 0) is 4.79 Å². The molecular weight excluding hydrogens is 289 g/mol. The third-order valence-electron chi connectivity index (χ3n) is 2.53. The van der Waals surface area contributed by atoms with Gasteiger partial charge < -0.3 is 10.1 Å². The summed E-state index contributed by atoms with van der Waals surface area (Å²) in [5.74, 6) is -0.0995. The molecular formula is C13H15Cl2NO3. The zero-order valence-electron chi connectivity index (χ0n) is 10.7. The van der Waals surface area contributed by atoms with Crippen molar-refractivity contribution < 1.29 is 14.3 Å². The highest BCUT2D eigenvalue weighted by atomic mass is 35.5. The van der Waals surface area contributed by atoms with Gasteiger partial charge in [-0.3, -0.25) is 9.59 Å². The van der Waals surface area contributed by atoms with Crippen molar-refractivity contribution in [2.75, 3.05) is 6.61 Å². The average molecular weight is 304 g/mol. The predicted octanol–water partition coefficient (Wildman–Crippen LogP) is 3.10. The molecule has 0 saturated heterocycles. The van der Waals surface area contributed by atoms with Crippen LogP contribution in [0.25, 0.3) is 0 Å². The molecule has 0 radical (unpaired) electrons. The SMILES string of the molecule is CCC(C)NC(=O)COc1c(Cl)cc(Cl)cc1C=O. The number of hydrogen-bond acceptors (Lipinski definition) is 3. The van der Waals surface area contributed by atoms with Gasteiger partial charge in [-0.15, -0.1) is 0 Å². The molecule has 1 atom stereocenters. The monoisotopic (exact) mass is 303 g/mol. The van der Waals surface area contributed by atoms with E-state index in [1.807, 2.05) is 13.8 Å². The predicted molar refractivity (Wildman–Crippen MR) is 75.2 cm³/mol. The molecule has 1 amide bonds. The summed E-state index contributed by atoms with van der Waals surface area (Å²) in [6, 6.07) is 2.96. The molecule has 0 aliphatic heterocycles. The molecule has 0 aromatic heterocycles. The minimum Gasteiger partial charge on any atom is -0.481 e. The molecule has 0 saturated carbocycles. The van der Waals surface area contributed by atoms with E-state index in [2.05, 4.69) is 5.32 Å². The van der Waals surface area contributed by atoms with E-state index in [0.717, 1.165) is 6.42 Å². The number of aldehydes is 1. The number of nitrogens with one attached hydrogen (secondary N) is 1. The third-order valence-corrected chi connectivity index (χ3v) is 3.03. The molecule has 0 aliphatic rings. The second-order valence-corrected chi connectivity index (χ2v) is 4.93. The maximum atomic E-state index is 11.6. The number of hydrogen-bond donors (Lipinski definition) is 1. The number of halogens is 2. The standard InChI is InChI=1S/C13H15Cl2NO3/c1-3-8(2)16-12(18)7-19-13-9(6-17)4-10(14)5-11(13)15/h4-6,8H,3,7H2,1-2H3,(H,16,18). The third kappa shape index (κ3) is 4.73. The summed E-state index contributed by atoms with van der Waals surface area (Å²) in [7, 11) is 0. The van der Waals surface area contributed by atoms with Gasteiger partial charge in [-0.05, 0) is 25.5 Å². The van der Waals surface area contributed by atoms with E-state index in [9.17, 15) is 9.59 Å². The van der Waals surface area contributed by atoms with Crippen LogP contribution in [0.3, 0.4) is 0 Å². The number of ether oxygens (including phenoxy) is 1. The Bertz CT molecular complexity index is 477. The van der Waals surface area contributed by atoms with Crippen molar-refractivity contribution in [2.24, 2.45) is 0 Å². The molecule has 6 heteroatoms. The van der Waals surface area contributed by atoms with Crippen molar-refractivity contribution in [3.05, 3.63) is 27.7 Å². The first-order valence-electron chi connectivity index (χ1n) is 5.84. The normalized spacial score (nSPS) is 11.8. The van der Waals surface area contributed by atoms with Crippen LogP contribution in [0.5, 0.6) is 5.75 Å². The van der Waals surface area contributed by atoms with Gasteiger partial charge in [0.05, 0.1) is 10.6 Å². The second-order valence-electron chi connectivity index (χ2n) is 4.09. The Balaban J connectivity index is 2.72. The van der Waals surface area contributed by atoms with Crippen molar-refractivity contribution in [3.63, 3.8) is 0 Å². The van der Waals surface area contributed by atoms with Gasteiger partial charge in [-0.25, -0.2) is 0 Å². The summed E-state index contributed by atoms with van der Waals surface area (Å²) >= 11 is 11.7. The minimum atomic E-state index is -0.266. The largest absolute Gasteiger partial charge is 0.481 e. The summed E-state index contributed by atoms with van der Waals surface area (Å²) in [5, 5.41) is 3.28. The van der Waals surface area contributed by atoms with E-state index in [4.69, 9.17) is 27.9 Å². The van der Waals surface area contributed by atoms with Gasteiger partial charge in [0.1, 0.15) is 5.75 Å². The Morgan fingerprint density at radius 2 is 2.16 bits per heavy atom. The maximum Gasteiger partial charge on any atom is 0.258 e. The lowest BCUT2D eigenvalue weighted by atomic mass is 10.2. The summed E-state index contributed by atoms with van der Waals surface area (Å²) in [5.41, 5.74) is 0.217. The van der Waals surface area contributed by atoms with Crippen molar-refractivity contribution in [1.82, 2.24) is 5.32 Å². The van der Waals surface area contributed by atoms with Crippen LogP contribution in [-0.4, -0.2) is 24.8 Å². The Labute approximate surface area is 122 Å². The van der Waals surface area contributed by atoms with E-state index >= 15 is 0 Å². The summed E-state index contributed by atoms with van der Waals surface area (Å²) < 4.78 is 5.29. The highest BCUT2D eigenvalue weighted by molar-refractivity contribution is 6.36. The molecule has 0 aliphatic carbocycles. The fourth-order valence-electron chi connectivity index (χ4n) is 1.38. The quantitative estimate of drug-likeness (QED) is 0.822. The fraction of sp³-hybridized carbons (Fsp3) is 0.385. The summed E-state index contributed by atoms with van der Waals surface area (Å²) in [6.45, 7) is 3.66. The van der Waals surface area contributed by atoms with Gasteiger partial charge in [-0.1, -0.05) is 30.1 Å². The maximum absolute atomic E-state index is 11.6. The van der Waals surface area contributed by atoms with Gasteiger partial charge >= 0.3 is 0 Å². The van der Waals surface area contributed by atoms with E-state index in [0.29, 0.717) is 11.3 Å². The summed E-state index contributed by atoms with van der Waals surface area (Å²) in [4.78, 5) is 22.5. The molecule has 0 spiro atoms. The lowest BCUT2D eigenvalue weighted by molar-refractivity contribution is -0.123. The number of amides is 1. The fourth-order valence-corrected chi connectivity index (χ4v) is 1.94. The molecule has 0 fully saturated rings. The number of benzene rings is 1. The first-order valence-corrected chi connectivity index (χ1v) is 6.59. The van der Waals surface area contributed by atoms with Gasteiger partial charge in [0.25, 0.3) is 5.91 Å².